The molecule has 0 aliphatic rings. The molecule has 0 atom stereocenters. The molecule has 6 nitrogen and oxygen atoms in total. The molecule has 3 N–H and O–H groups in total. The molecular weight excluding hydrogens is 278 g/mol. The smallest absolute Gasteiger partial charge is 0.335 e. The number of carbonyl (C=O) groups excluding carboxylic acids is 1. The Morgan fingerprint density at radius 1 is 1.25 bits per heavy atom. The molecule has 0 aliphatic heterocycles. The van der Waals surface area contributed by atoms with Crippen molar-refractivity contribution in [3.05, 3.63) is 46.4 Å². The second-order valence-corrected chi connectivity index (χ2v) is 4.71. The van der Waals surface area contributed by atoms with Crippen molar-refractivity contribution in [1.29, 1.82) is 0 Å². The third kappa shape index (κ3) is 4.06. The topological polar surface area (TPSA) is 91.3 Å². The minimum Gasteiger partial charge on any atom is -0.478 e. The zero-order valence-corrected chi connectivity index (χ0v) is 11.3. The molecule has 2 aromatic rings. The van der Waals surface area contributed by atoms with E-state index in [1.807, 2.05) is 5.38 Å². The van der Waals surface area contributed by atoms with E-state index in [0.717, 1.165) is 5.69 Å². The van der Waals surface area contributed by atoms with E-state index in [1.54, 1.807) is 17.6 Å². The Kier molecular flexibility index (Phi) is 4.67. The number of amides is 2. The van der Waals surface area contributed by atoms with Gasteiger partial charge >= 0.3 is 12.0 Å². The van der Waals surface area contributed by atoms with Crippen LogP contribution in [0.4, 0.5) is 10.5 Å². The lowest BCUT2D eigenvalue weighted by Crippen LogP contribution is -2.30. The number of anilines is 1. The van der Waals surface area contributed by atoms with E-state index in [1.165, 1.54) is 23.5 Å². The molecule has 0 saturated carbocycles. The highest BCUT2D eigenvalue weighted by molar-refractivity contribution is 7.07. The largest absolute Gasteiger partial charge is 0.478 e. The number of carboxylic acid groups (broad SMARTS) is 1. The molecule has 0 radical (unpaired) electrons. The van der Waals surface area contributed by atoms with Gasteiger partial charge < -0.3 is 15.7 Å². The van der Waals surface area contributed by atoms with Gasteiger partial charge in [-0.3, -0.25) is 0 Å². The summed E-state index contributed by atoms with van der Waals surface area (Å²) >= 11 is 1.52. The van der Waals surface area contributed by atoms with Crippen LogP contribution in [0.3, 0.4) is 0 Å². The van der Waals surface area contributed by atoms with Crippen LogP contribution in [0.25, 0.3) is 0 Å². The predicted molar refractivity (Wildman–Crippen MR) is 76.2 cm³/mol. The van der Waals surface area contributed by atoms with Crippen molar-refractivity contribution >= 4 is 29.0 Å². The average Bonchev–Trinajstić information content (AvgIpc) is 2.92. The molecule has 2 amide bonds. The predicted octanol–water partition coefficient (Wildman–Crippen LogP) is 2.21. The Balaban J connectivity index is 1.77. The summed E-state index contributed by atoms with van der Waals surface area (Å²) in [4.78, 5) is 26.4. The molecule has 1 aromatic carbocycles. The van der Waals surface area contributed by atoms with Crippen LogP contribution >= 0.6 is 11.3 Å². The van der Waals surface area contributed by atoms with Crippen LogP contribution in [0.15, 0.2) is 35.2 Å². The lowest BCUT2D eigenvalue weighted by atomic mass is 10.2. The number of nitrogens with zero attached hydrogens (tertiary/aromatic N) is 1. The van der Waals surface area contributed by atoms with E-state index in [4.69, 9.17) is 5.11 Å². The molecule has 0 unspecified atom stereocenters. The summed E-state index contributed by atoms with van der Waals surface area (Å²) in [5.74, 6) is -0.996. The summed E-state index contributed by atoms with van der Waals surface area (Å²) in [5, 5.41) is 16.0. The second-order valence-electron chi connectivity index (χ2n) is 3.99. The van der Waals surface area contributed by atoms with Gasteiger partial charge in [-0.1, -0.05) is 0 Å². The Morgan fingerprint density at radius 3 is 2.60 bits per heavy atom. The maximum Gasteiger partial charge on any atom is 0.335 e. The highest BCUT2D eigenvalue weighted by Gasteiger charge is 2.04. The van der Waals surface area contributed by atoms with Gasteiger partial charge in [0.25, 0.3) is 0 Å². The van der Waals surface area contributed by atoms with Crippen molar-refractivity contribution in [2.24, 2.45) is 0 Å². The number of aromatic carboxylic acids is 1. The second kappa shape index (κ2) is 6.67. The zero-order valence-electron chi connectivity index (χ0n) is 10.5. The Labute approximate surface area is 119 Å². The molecule has 1 heterocycles. The average molecular weight is 291 g/mol. The summed E-state index contributed by atoms with van der Waals surface area (Å²) in [7, 11) is 0. The maximum atomic E-state index is 11.6. The van der Waals surface area contributed by atoms with Gasteiger partial charge in [0.15, 0.2) is 0 Å². The summed E-state index contributed by atoms with van der Waals surface area (Å²) in [6.45, 7) is 0.489. The van der Waals surface area contributed by atoms with Gasteiger partial charge in [-0.2, -0.15) is 0 Å². The van der Waals surface area contributed by atoms with Gasteiger partial charge in [-0.05, 0) is 24.3 Å². The standard InChI is InChI=1S/C13H13N3O3S/c17-12(18)9-1-3-10(4-2-9)16-13(19)14-6-5-11-7-20-8-15-11/h1-4,7-8H,5-6H2,(H,17,18)(H2,14,16,19). The Hall–Kier alpha value is -2.41. The molecule has 0 saturated heterocycles. The van der Waals surface area contributed by atoms with Crippen LogP contribution in [0.2, 0.25) is 0 Å². The first kappa shape index (κ1) is 14.0. The van der Waals surface area contributed by atoms with Crippen LogP contribution < -0.4 is 10.6 Å². The molecule has 2 rings (SSSR count). The van der Waals surface area contributed by atoms with Crippen molar-refractivity contribution in [2.45, 2.75) is 6.42 Å². The first-order valence-corrected chi connectivity index (χ1v) is 6.85. The minimum absolute atomic E-state index is 0.180. The van der Waals surface area contributed by atoms with E-state index in [0.29, 0.717) is 18.7 Å². The lowest BCUT2D eigenvalue weighted by molar-refractivity contribution is 0.0697. The maximum absolute atomic E-state index is 11.6. The highest BCUT2D eigenvalue weighted by atomic mass is 32.1. The van der Waals surface area contributed by atoms with Crippen molar-refractivity contribution in [2.75, 3.05) is 11.9 Å². The van der Waals surface area contributed by atoms with Gasteiger partial charge in [0.1, 0.15) is 0 Å². The minimum atomic E-state index is -0.996. The van der Waals surface area contributed by atoms with Crippen molar-refractivity contribution in [3.63, 3.8) is 0 Å². The van der Waals surface area contributed by atoms with E-state index in [9.17, 15) is 9.59 Å². The lowest BCUT2D eigenvalue weighted by Gasteiger charge is -2.07. The number of carboxylic acids is 1. The molecule has 0 aliphatic carbocycles. The van der Waals surface area contributed by atoms with Crippen LogP contribution in [-0.2, 0) is 6.42 Å². The first-order valence-electron chi connectivity index (χ1n) is 5.90. The number of hydrogen-bond donors (Lipinski definition) is 3. The molecule has 7 heteroatoms. The number of hydrogen-bond acceptors (Lipinski definition) is 4. The molecule has 104 valence electrons. The third-order valence-corrected chi connectivity index (χ3v) is 3.18. The van der Waals surface area contributed by atoms with Crippen molar-refractivity contribution in [3.8, 4) is 0 Å². The van der Waals surface area contributed by atoms with Crippen LogP contribution in [0, 0.1) is 0 Å². The summed E-state index contributed by atoms with van der Waals surface area (Å²) < 4.78 is 0. The van der Waals surface area contributed by atoms with E-state index >= 15 is 0 Å². The molecule has 1 aromatic heterocycles. The zero-order chi connectivity index (χ0) is 14.4. The highest BCUT2D eigenvalue weighted by Crippen LogP contribution is 2.09. The van der Waals surface area contributed by atoms with E-state index < -0.39 is 5.97 Å². The first-order chi connectivity index (χ1) is 9.65. The van der Waals surface area contributed by atoms with Crippen LogP contribution in [0.5, 0.6) is 0 Å². The molecule has 0 fully saturated rings. The molecule has 20 heavy (non-hydrogen) atoms. The summed E-state index contributed by atoms with van der Waals surface area (Å²) in [5.41, 5.74) is 3.42. The molecule has 0 bridgehead atoms. The van der Waals surface area contributed by atoms with Gasteiger partial charge in [0.2, 0.25) is 0 Å². The Morgan fingerprint density at radius 2 is 2.00 bits per heavy atom. The van der Waals surface area contributed by atoms with E-state index in [-0.39, 0.29) is 11.6 Å². The van der Waals surface area contributed by atoms with Gasteiger partial charge in [-0.15, -0.1) is 11.3 Å². The normalized spacial score (nSPS) is 10.0. The van der Waals surface area contributed by atoms with E-state index in [2.05, 4.69) is 15.6 Å². The number of rotatable bonds is 5. The van der Waals surface area contributed by atoms with Crippen molar-refractivity contribution < 1.29 is 14.7 Å². The summed E-state index contributed by atoms with van der Waals surface area (Å²) in [6.07, 6.45) is 0.675. The molecule has 0 spiro atoms. The molecular formula is C13H13N3O3S. The number of urea groups is 1. The fraction of sp³-hybridized carbons (Fsp3) is 0.154. The monoisotopic (exact) mass is 291 g/mol. The fourth-order valence-electron chi connectivity index (χ4n) is 1.54. The van der Waals surface area contributed by atoms with Crippen LogP contribution in [-0.4, -0.2) is 28.6 Å². The number of aromatic nitrogens is 1. The third-order valence-electron chi connectivity index (χ3n) is 2.54. The Bertz CT molecular complexity index is 581. The fourth-order valence-corrected chi connectivity index (χ4v) is 2.13. The van der Waals surface area contributed by atoms with Gasteiger partial charge in [-0.25, -0.2) is 14.6 Å². The SMILES string of the molecule is O=C(NCCc1cscn1)Nc1ccc(C(=O)O)cc1. The summed E-state index contributed by atoms with van der Waals surface area (Å²) in [6, 6.07) is 5.64. The number of thiazole rings is 1. The number of benzene rings is 1. The number of carbonyl (C=O) groups is 2. The number of nitrogens with one attached hydrogen (secondary N) is 2. The van der Waals surface area contributed by atoms with Crippen molar-refractivity contribution in [1.82, 2.24) is 10.3 Å². The van der Waals surface area contributed by atoms with Gasteiger partial charge in [0, 0.05) is 24.0 Å². The van der Waals surface area contributed by atoms with Crippen LogP contribution in [0.1, 0.15) is 16.1 Å². The van der Waals surface area contributed by atoms with Gasteiger partial charge in [0.05, 0.1) is 16.8 Å². The quantitative estimate of drug-likeness (QED) is 0.787.